The van der Waals surface area contributed by atoms with Crippen LogP contribution >= 0.6 is 0 Å². The van der Waals surface area contributed by atoms with Crippen LogP contribution in [0.1, 0.15) is 0 Å². The molecular formula is C17H14FNO3S. The smallest absolute Gasteiger partial charge is 0.226 e. The SMILES string of the molecule is COc1ccccc1S(=O)(=O)c1cccn1-c1ccccc1F. The van der Waals surface area contributed by atoms with E-state index in [0.717, 1.165) is 0 Å². The average Bonchev–Trinajstić information content (AvgIpc) is 3.05. The maximum atomic E-state index is 14.0. The molecule has 0 aliphatic rings. The van der Waals surface area contributed by atoms with Gasteiger partial charge < -0.3 is 9.30 Å². The average molecular weight is 331 g/mol. The van der Waals surface area contributed by atoms with Crippen LogP contribution < -0.4 is 4.74 Å². The number of nitrogens with zero attached hydrogens (tertiary/aromatic N) is 1. The van der Waals surface area contributed by atoms with Crippen LogP contribution in [0.5, 0.6) is 5.75 Å². The summed E-state index contributed by atoms with van der Waals surface area (Å²) < 4.78 is 46.4. The number of halogens is 1. The summed E-state index contributed by atoms with van der Waals surface area (Å²) in [5, 5.41) is -0.0212. The Labute approximate surface area is 133 Å². The van der Waals surface area contributed by atoms with Crippen molar-refractivity contribution in [3.63, 3.8) is 0 Å². The zero-order chi connectivity index (χ0) is 16.4. The highest BCUT2D eigenvalue weighted by Gasteiger charge is 2.26. The van der Waals surface area contributed by atoms with Crippen molar-refractivity contribution < 1.29 is 17.5 Å². The Hall–Kier alpha value is -2.60. The first-order valence-electron chi connectivity index (χ1n) is 6.86. The molecule has 0 fully saturated rings. The summed E-state index contributed by atoms with van der Waals surface area (Å²) in [6.45, 7) is 0. The molecule has 0 amide bonds. The molecule has 0 unspecified atom stereocenters. The minimum atomic E-state index is -3.86. The van der Waals surface area contributed by atoms with Gasteiger partial charge in [-0.3, -0.25) is 0 Å². The Morgan fingerprint density at radius 1 is 0.957 bits per heavy atom. The van der Waals surface area contributed by atoms with Gasteiger partial charge in [0.05, 0.1) is 12.8 Å². The lowest BCUT2D eigenvalue weighted by Crippen LogP contribution is -2.10. The fourth-order valence-electron chi connectivity index (χ4n) is 2.38. The normalized spacial score (nSPS) is 11.4. The van der Waals surface area contributed by atoms with E-state index in [0.29, 0.717) is 0 Å². The highest BCUT2D eigenvalue weighted by molar-refractivity contribution is 7.91. The van der Waals surface area contributed by atoms with E-state index in [1.54, 1.807) is 36.4 Å². The third-order valence-corrected chi connectivity index (χ3v) is 5.26. The molecule has 0 atom stereocenters. The minimum absolute atomic E-state index is 0.0212. The van der Waals surface area contributed by atoms with E-state index in [-0.39, 0.29) is 21.4 Å². The molecule has 0 spiro atoms. The lowest BCUT2D eigenvalue weighted by molar-refractivity contribution is 0.402. The van der Waals surface area contributed by atoms with Gasteiger partial charge in [0.25, 0.3) is 0 Å². The van der Waals surface area contributed by atoms with Crippen molar-refractivity contribution in [3.8, 4) is 11.4 Å². The Bertz CT molecular complexity index is 948. The molecule has 0 N–H and O–H groups in total. The van der Waals surface area contributed by atoms with Crippen molar-refractivity contribution in [2.24, 2.45) is 0 Å². The van der Waals surface area contributed by atoms with Gasteiger partial charge in [0.1, 0.15) is 21.5 Å². The minimum Gasteiger partial charge on any atom is -0.495 e. The van der Waals surface area contributed by atoms with Crippen LogP contribution in [0.2, 0.25) is 0 Å². The van der Waals surface area contributed by atoms with E-state index in [2.05, 4.69) is 0 Å². The van der Waals surface area contributed by atoms with Gasteiger partial charge in [-0.2, -0.15) is 0 Å². The predicted molar refractivity (Wildman–Crippen MR) is 84.2 cm³/mol. The van der Waals surface area contributed by atoms with E-state index in [4.69, 9.17) is 4.74 Å². The highest BCUT2D eigenvalue weighted by atomic mass is 32.2. The topological polar surface area (TPSA) is 48.3 Å². The van der Waals surface area contributed by atoms with Crippen LogP contribution in [0, 0.1) is 5.82 Å². The largest absolute Gasteiger partial charge is 0.495 e. The first-order valence-corrected chi connectivity index (χ1v) is 8.34. The van der Waals surface area contributed by atoms with E-state index in [1.807, 2.05) is 0 Å². The molecule has 1 aromatic heterocycles. The van der Waals surface area contributed by atoms with Crippen molar-refractivity contribution in [1.82, 2.24) is 4.57 Å². The molecular weight excluding hydrogens is 317 g/mol. The molecule has 4 nitrogen and oxygen atoms in total. The van der Waals surface area contributed by atoms with Crippen molar-refractivity contribution in [3.05, 3.63) is 72.7 Å². The number of para-hydroxylation sites is 2. The van der Waals surface area contributed by atoms with Crippen LogP contribution in [-0.4, -0.2) is 20.1 Å². The maximum Gasteiger partial charge on any atom is 0.226 e. The lowest BCUT2D eigenvalue weighted by Gasteiger charge is -2.13. The molecule has 118 valence electrons. The molecule has 23 heavy (non-hydrogen) atoms. The standard InChI is InChI=1S/C17H14FNO3S/c1-22-15-9-4-5-10-16(15)23(20,21)17-11-6-12-19(17)14-8-3-2-7-13(14)18/h2-12H,1H3. The third-order valence-electron chi connectivity index (χ3n) is 3.46. The molecule has 2 aromatic carbocycles. The first kappa shape index (κ1) is 15.3. The van der Waals surface area contributed by atoms with Gasteiger partial charge in [-0.25, -0.2) is 12.8 Å². The van der Waals surface area contributed by atoms with Gasteiger partial charge in [-0.15, -0.1) is 0 Å². The Kier molecular flexibility index (Phi) is 3.92. The van der Waals surface area contributed by atoms with Crippen molar-refractivity contribution in [2.75, 3.05) is 7.11 Å². The summed E-state index contributed by atoms with van der Waals surface area (Å²) in [4.78, 5) is 0.0405. The number of hydrogen-bond acceptors (Lipinski definition) is 3. The molecule has 6 heteroatoms. The quantitative estimate of drug-likeness (QED) is 0.735. The second-order valence-corrected chi connectivity index (χ2v) is 6.69. The number of rotatable bonds is 4. The number of benzene rings is 2. The molecule has 0 aliphatic carbocycles. The Morgan fingerprint density at radius 2 is 1.65 bits per heavy atom. The van der Waals surface area contributed by atoms with E-state index in [1.165, 1.54) is 42.1 Å². The summed E-state index contributed by atoms with van der Waals surface area (Å²) in [6, 6.07) is 15.4. The van der Waals surface area contributed by atoms with E-state index < -0.39 is 15.7 Å². The molecule has 0 bridgehead atoms. The monoisotopic (exact) mass is 331 g/mol. The second-order valence-electron chi connectivity index (χ2n) is 4.82. The first-order chi connectivity index (χ1) is 11.1. The molecule has 3 rings (SSSR count). The summed E-state index contributed by atoms with van der Waals surface area (Å²) in [7, 11) is -2.46. The molecule has 0 saturated carbocycles. The van der Waals surface area contributed by atoms with Crippen molar-refractivity contribution in [1.29, 1.82) is 0 Å². The fourth-order valence-corrected chi connectivity index (χ4v) is 3.96. The third kappa shape index (κ3) is 2.61. The summed E-state index contributed by atoms with van der Waals surface area (Å²) in [5.41, 5.74) is 0.172. The predicted octanol–water partition coefficient (Wildman–Crippen LogP) is 3.46. The Balaban J connectivity index is 2.21. The van der Waals surface area contributed by atoms with Crippen LogP contribution in [0.15, 0.2) is 76.8 Å². The summed E-state index contributed by atoms with van der Waals surface area (Å²) in [5.74, 6) is -0.256. The summed E-state index contributed by atoms with van der Waals surface area (Å²) in [6.07, 6.45) is 1.51. The van der Waals surface area contributed by atoms with Gasteiger partial charge in [0, 0.05) is 6.20 Å². The van der Waals surface area contributed by atoms with Gasteiger partial charge >= 0.3 is 0 Å². The van der Waals surface area contributed by atoms with Crippen LogP contribution in [0.3, 0.4) is 0 Å². The van der Waals surface area contributed by atoms with Gasteiger partial charge in [-0.05, 0) is 36.4 Å². The van der Waals surface area contributed by atoms with Crippen LogP contribution in [0.25, 0.3) is 5.69 Å². The molecule has 0 saturated heterocycles. The number of sulfone groups is 1. The van der Waals surface area contributed by atoms with Crippen molar-refractivity contribution >= 4 is 9.84 Å². The van der Waals surface area contributed by atoms with E-state index in [9.17, 15) is 12.8 Å². The zero-order valence-corrected chi connectivity index (χ0v) is 13.1. The highest BCUT2D eigenvalue weighted by Crippen LogP contribution is 2.31. The maximum absolute atomic E-state index is 14.0. The number of aromatic nitrogens is 1. The molecule has 1 heterocycles. The van der Waals surface area contributed by atoms with Gasteiger partial charge in [0.2, 0.25) is 9.84 Å². The van der Waals surface area contributed by atoms with Gasteiger partial charge in [-0.1, -0.05) is 24.3 Å². The van der Waals surface area contributed by atoms with Crippen LogP contribution in [0.4, 0.5) is 4.39 Å². The van der Waals surface area contributed by atoms with Crippen molar-refractivity contribution in [2.45, 2.75) is 9.92 Å². The van der Waals surface area contributed by atoms with Crippen LogP contribution in [-0.2, 0) is 9.84 Å². The fraction of sp³-hybridized carbons (Fsp3) is 0.0588. The lowest BCUT2D eigenvalue weighted by atomic mass is 10.3. The number of methoxy groups -OCH3 is 1. The zero-order valence-electron chi connectivity index (χ0n) is 12.3. The number of hydrogen-bond donors (Lipinski definition) is 0. The second kappa shape index (κ2) is 5.89. The van der Waals surface area contributed by atoms with Gasteiger partial charge in [0.15, 0.2) is 0 Å². The Morgan fingerprint density at radius 3 is 2.39 bits per heavy atom. The summed E-state index contributed by atoms with van der Waals surface area (Å²) >= 11 is 0. The number of ether oxygens (including phenoxy) is 1. The molecule has 0 aliphatic heterocycles. The molecule has 0 radical (unpaired) electrons. The van der Waals surface area contributed by atoms with E-state index >= 15 is 0 Å². The molecule has 3 aromatic rings.